The van der Waals surface area contributed by atoms with Crippen molar-refractivity contribution in [3.63, 3.8) is 0 Å². The van der Waals surface area contributed by atoms with Crippen molar-refractivity contribution >= 4 is 11.8 Å². The first-order chi connectivity index (χ1) is 28.2. The van der Waals surface area contributed by atoms with Crippen LogP contribution in [0.4, 0.5) is 0 Å². The van der Waals surface area contributed by atoms with Gasteiger partial charge >= 0.3 is 0 Å². The summed E-state index contributed by atoms with van der Waals surface area (Å²) in [5.74, 6) is 0. The van der Waals surface area contributed by atoms with Crippen molar-refractivity contribution in [1.82, 2.24) is 0 Å². The molecule has 57 heavy (non-hydrogen) atoms. The van der Waals surface area contributed by atoms with Gasteiger partial charge in [-0.15, -0.1) is 0 Å². The molecule has 10 nitrogen and oxygen atoms in total. The highest BCUT2D eigenvalue weighted by molar-refractivity contribution is 7.99. The highest BCUT2D eigenvalue weighted by atomic mass is 32.2. The average Bonchev–Trinajstić information content (AvgIpc) is 3.27. The zero-order valence-corrected chi connectivity index (χ0v) is 32.0. The Labute approximate surface area is 336 Å². The molecule has 4 heterocycles. The Morgan fingerprint density at radius 1 is 0.509 bits per heavy atom. The van der Waals surface area contributed by atoms with Crippen LogP contribution < -0.4 is 0 Å². The first-order valence-corrected chi connectivity index (χ1v) is 20.4. The minimum absolute atomic E-state index is 0.174. The molecule has 4 aliphatic heterocycles. The van der Waals surface area contributed by atoms with Gasteiger partial charge in [-0.1, -0.05) is 151 Å². The fourth-order valence-corrected chi connectivity index (χ4v) is 8.85. The number of hydrogen-bond acceptors (Lipinski definition) is 11. The largest absolute Gasteiger partial charge is 0.387 e. The number of ether oxygens (including phenoxy) is 9. The Hall–Kier alpha value is -3.95. The molecule has 4 aliphatic rings. The van der Waals surface area contributed by atoms with Crippen LogP contribution in [0.5, 0.6) is 0 Å². The fourth-order valence-electron chi connectivity index (χ4n) is 7.71. The Morgan fingerprint density at radius 2 is 0.982 bits per heavy atom. The van der Waals surface area contributed by atoms with Crippen molar-refractivity contribution < 1.29 is 47.7 Å². The lowest BCUT2D eigenvalue weighted by atomic mass is 9.95. The van der Waals surface area contributed by atoms with Crippen LogP contribution in [0.25, 0.3) is 0 Å². The van der Waals surface area contributed by atoms with Crippen LogP contribution >= 0.6 is 11.8 Å². The van der Waals surface area contributed by atoms with E-state index in [4.69, 9.17) is 42.6 Å². The van der Waals surface area contributed by atoms with Crippen molar-refractivity contribution in [2.24, 2.45) is 0 Å². The molecule has 5 aromatic carbocycles. The molecule has 5 aromatic rings. The van der Waals surface area contributed by atoms with E-state index in [1.165, 1.54) is 0 Å². The second kappa shape index (κ2) is 18.3. The van der Waals surface area contributed by atoms with Crippen LogP contribution in [0.1, 0.15) is 34.8 Å². The maximum atomic E-state index is 12.2. The normalized spacial score (nSPS) is 32.5. The van der Waals surface area contributed by atoms with Crippen molar-refractivity contribution in [2.75, 3.05) is 13.2 Å². The summed E-state index contributed by atoms with van der Waals surface area (Å²) in [4.78, 5) is 1.01. The molecule has 4 fully saturated rings. The number of aliphatic hydroxyl groups is 1. The van der Waals surface area contributed by atoms with Gasteiger partial charge in [0.15, 0.2) is 18.9 Å². The van der Waals surface area contributed by atoms with Crippen LogP contribution in [-0.2, 0) is 55.8 Å². The molecule has 11 heteroatoms. The van der Waals surface area contributed by atoms with Crippen LogP contribution in [0, 0.1) is 0 Å². The van der Waals surface area contributed by atoms with E-state index < -0.39 is 73.1 Å². The average molecular weight is 791 g/mol. The molecule has 9 rings (SSSR count). The summed E-state index contributed by atoms with van der Waals surface area (Å²) < 4.78 is 59.9. The first-order valence-electron chi connectivity index (χ1n) is 19.5. The SMILES string of the molecule is O[C@@H]1[C@H](OCc2ccccc2)[C@H](O[C@@H]2[C@H](OCc3ccccc3)[C@@H](Sc3ccccc3)O[C@@H]3CO[C@@H](c4ccccc4)O[C@@H]23)O[C@@H]2CO[C@@H](c3ccccc3)O[C@@H]12. The summed E-state index contributed by atoms with van der Waals surface area (Å²) >= 11 is 1.55. The van der Waals surface area contributed by atoms with Gasteiger partial charge in [0.1, 0.15) is 54.3 Å². The number of benzene rings is 5. The van der Waals surface area contributed by atoms with Gasteiger partial charge in [-0.05, 0) is 23.3 Å². The van der Waals surface area contributed by atoms with E-state index in [2.05, 4.69) is 0 Å². The van der Waals surface area contributed by atoms with Crippen molar-refractivity contribution in [3.05, 3.63) is 174 Å². The highest BCUT2D eigenvalue weighted by Crippen LogP contribution is 2.43. The van der Waals surface area contributed by atoms with Crippen molar-refractivity contribution in [2.45, 2.75) is 91.2 Å². The van der Waals surface area contributed by atoms with Gasteiger partial charge in [-0.2, -0.15) is 0 Å². The monoisotopic (exact) mass is 790 g/mol. The molecule has 0 bridgehead atoms. The summed E-state index contributed by atoms with van der Waals surface area (Å²) in [5, 5.41) is 12.2. The van der Waals surface area contributed by atoms with Crippen molar-refractivity contribution in [1.29, 1.82) is 0 Å². The van der Waals surface area contributed by atoms with Gasteiger partial charge in [0.25, 0.3) is 0 Å². The third-order valence-electron chi connectivity index (χ3n) is 10.6. The summed E-state index contributed by atoms with van der Waals surface area (Å²) in [5.41, 5.74) is 3.13. The molecule has 0 amide bonds. The quantitative estimate of drug-likeness (QED) is 0.137. The van der Waals surface area contributed by atoms with Crippen LogP contribution in [0.15, 0.2) is 157 Å². The third-order valence-corrected chi connectivity index (χ3v) is 11.7. The van der Waals surface area contributed by atoms with E-state index in [0.717, 1.165) is 27.1 Å². The Morgan fingerprint density at radius 3 is 1.54 bits per heavy atom. The minimum atomic E-state index is -1.13. The summed E-state index contributed by atoms with van der Waals surface area (Å²) in [6.45, 7) is 0.943. The number of aliphatic hydroxyl groups excluding tert-OH is 1. The molecule has 0 aromatic heterocycles. The molecule has 12 atom stereocenters. The van der Waals surface area contributed by atoms with Gasteiger partial charge in [-0.25, -0.2) is 0 Å². The lowest BCUT2D eigenvalue weighted by Crippen LogP contribution is -2.67. The summed E-state index contributed by atoms with van der Waals surface area (Å²) in [6, 6.07) is 49.4. The number of hydrogen-bond donors (Lipinski definition) is 1. The van der Waals surface area contributed by atoms with Crippen LogP contribution in [0.3, 0.4) is 0 Å². The lowest BCUT2D eigenvalue weighted by Gasteiger charge is -2.52. The van der Waals surface area contributed by atoms with E-state index in [1.54, 1.807) is 11.8 Å². The fraction of sp³-hybridized carbons (Fsp3) is 0.348. The molecule has 0 unspecified atom stereocenters. The predicted molar refractivity (Wildman–Crippen MR) is 211 cm³/mol. The van der Waals surface area contributed by atoms with E-state index in [0.29, 0.717) is 6.61 Å². The maximum Gasteiger partial charge on any atom is 0.187 e. The maximum absolute atomic E-state index is 12.2. The summed E-state index contributed by atoms with van der Waals surface area (Å²) in [6.07, 6.45) is -8.48. The molecule has 1 N–H and O–H groups in total. The molecule has 296 valence electrons. The van der Waals surface area contributed by atoms with Gasteiger partial charge in [-0.3, -0.25) is 0 Å². The molecule has 0 aliphatic carbocycles. The van der Waals surface area contributed by atoms with E-state index >= 15 is 0 Å². The molecular formula is C46H46O10S. The van der Waals surface area contributed by atoms with Crippen LogP contribution in [-0.4, -0.2) is 78.9 Å². The molecule has 4 saturated heterocycles. The highest BCUT2D eigenvalue weighted by Gasteiger charge is 2.56. The molecular weight excluding hydrogens is 745 g/mol. The Balaban J connectivity index is 1.05. The van der Waals surface area contributed by atoms with Gasteiger partial charge < -0.3 is 47.7 Å². The van der Waals surface area contributed by atoms with Gasteiger partial charge in [0.05, 0.1) is 26.4 Å². The second-order valence-corrected chi connectivity index (χ2v) is 15.7. The van der Waals surface area contributed by atoms with Gasteiger partial charge in [0, 0.05) is 16.0 Å². The third kappa shape index (κ3) is 9.05. The zero-order chi connectivity index (χ0) is 38.4. The molecule has 0 saturated carbocycles. The topological polar surface area (TPSA) is 103 Å². The van der Waals surface area contributed by atoms with E-state index in [1.807, 2.05) is 152 Å². The molecule has 0 radical (unpaired) electrons. The predicted octanol–water partition coefficient (Wildman–Crippen LogP) is 7.37. The summed E-state index contributed by atoms with van der Waals surface area (Å²) in [7, 11) is 0. The first kappa shape index (κ1) is 38.6. The number of thioether (sulfide) groups is 1. The smallest absolute Gasteiger partial charge is 0.187 e. The van der Waals surface area contributed by atoms with Crippen LogP contribution in [0.2, 0.25) is 0 Å². The number of rotatable bonds is 12. The Kier molecular flexibility index (Phi) is 12.4. The van der Waals surface area contributed by atoms with E-state index in [-0.39, 0.29) is 19.8 Å². The minimum Gasteiger partial charge on any atom is -0.387 e. The lowest BCUT2D eigenvalue weighted by molar-refractivity contribution is -0.394. The second-order valence-electron chi connectivity index (χ2n) is 14.5. The standard InChI is InChI=1S/C46H46O10S/c47-37-38-35(28-50-43(54-38)32-20-10-3-11-21-32)52-45(40(37)48-26-30-16-6-1-7-17-30)56-41-39-36(29-51-44(55-39)33-22-12-4-13-23-33)53-46(57-34-24-14-5-15-25-34)42(41)49-27-31-18-8-2-9-19-31/h1-25,35-47H,26-29H2/t35-,36-,37+,38-,39-,40+,41+,42+,43-,44-,45+,46-/m1/s1. The zero-order valence-electron chi connectivity index (χ0n) is 31.2. The Bertz CT molecular complexity index is 1960. The van der Waals surface area contributed by atoms with Crippen molar-refractivity contribution in [3.8, 4) is 0 Å². The van der Waals surface area contributed by atoms with Gasteiger partial charge in [0.2, 0.25) is 0 Å². The number of fused-ring (bicyclic) bond motifs is 2. The van der Waals surface area contributed by atoms with E-state index in [9.17, 15) is 5.11 Å². The molecule has 0 spiro atoms.